The van der Waals surface area contributed by atoms with Gasteiger partial charge in [0.15, 0.2) is 0 Å². The number of hydrogen-bond donors (Lipinski definition) is 0. The van der Waals surface area contributed by atoms with E-state index >= 15 is 0 Å². The van der Waals surface area contributed by atoms with Gasteiger partial charge in [-0.15, -0.1) is 0 Å². The SMILES string of the molecule is CC(C)C(c1cccc2c1Cc1ccccc1-2)=[Si](C)C. The molecule has 0 saturated carbocycles. The summed E-state index contributed by atoms with van der Waals surface area (Å²) >= 11 is 0. The Labute approximate surface area is 123 Å². The van der Waals surface area contributed by atoms with E-state index < -0.39 is 8.41 Å². The van der Waals surface area contributed by atoms with Crippen molar-refractivity contribution in [3.63, 3.8) is 0 Å². The minimum absolute atomic E-state index is 0.416. The summed E-state index contributed by atoms with van der Waals surface area (Å²) in [6.45, 7) is 9.52. The Kier molecular flexibility index (Phi) is 3.47. The molecule has 0 fully saturated rings. The highest BCUT2D eigenvalue weighted by Crippen LogP contribution is 2.38. The van der Waals surface area contributed by atoms with Crippen LogP contribution in [0.4, 0.5) is 0 Å². The number of rotatable bonds is 2. The van der Waals surface area contributed by atoms with Crippen LogP contribution in [0.3, 0.4) is 0 Å². The summed E-state index contributed by atoms with van der Waals surface area (Å²) in [4.78, 5) is 0. The van der Waals surface area contributed by atoms with Crippen molar-refractivity contribution in [2.24, 2.45) is 5.92 Å². The Morgan fingerprint density at radius 3 is 2.35 bits per heavy atom. The van der Waals surface area contributed by atoms with Crippen molar-refractivity contribution < 1.29 is 0 Å². The lowest BCUT2D eigenvalue weighted by Gasteiger charge is -2.18. The van der Waals surface area contributed by atoms with Gasteiger partial charge in [0.05, 0.1) is 0 Å². The van der Waals surface area contributed by atoms with E-state index in [0.29, 0.717) is 5.92 Å². The predicted octanol–water partition coefficient (Wildman–Crippen LogP) is 4.77. The van der Waals surface area contributed by atoms with E-state index in [-0.39, 0.29) is 0 Å². The molecule has 0 aliphatic heterocycles. The standard InChI is InChI=1S/C19H22Si/c1-13(2)19(20(3)4)17-11-7-10-16-15-9-6-5-8-14(15)12-18(16)17/h5-11,13H,12H2,1-4H3. The van der Waals surface area contributed by atoms with Gasteiger partial charge >= 0.3 is 0 Å². The van der Waals surface area contributed by atoms with E-state index in [1.165, 1.54) is 22.3 Å². The van der Waals surface area contributed by atoms with Crippen LogP contribution in [0.1, 0.15) is 30.5 Å². The zero-order valence-electron chi connectivity index (χ0n) is 12.8. The van der Waals surface area contributed by atoms with Crippen molar-refractivity contribution in [3.8, 4) is 11.1 Å². The Morgan fingerprint density at radius 2 is 1.65 bits per heavy atom. The third-order valence-electron chi connectivity index (χ3n) is 4.26. The van der Waals surface area contributed by atoms with Crippen molar-refractivity contribution in [3.05, 3.63) is 59.2 Å². The maximum Gasteiger partial charge on any atom is 0.00860 e. The van der Waals surface area contributed by atoms with Gasteiger partial charge in [0.1, 0.15) is 0 Å². The zero-order valence-corrected chi connectivity index (χ0v) is 13.8. The highest BCUT2D eigenvalue weighted by atomic mass is 28.2. The lowest BCUT2D eigenvalue weighted by atomic mass is 9.94. The van der Waals surface area contributed by atoms with Crippen molar-refractivity contribution in [2.45, 2.75) is 33.4 Å². The molecule has 0 atom stereocenters. The second-order valence-corrected chi connectivity index (χ2v) is 8.77. The molecule has 0 amide bonds. The minimum Gasteiger partial charge on any atom is -0.0619 e. The molecule has 20 heavy (non-hydrogen) atoms. The number of benzene rings is 2. The zero-order chi connectivity index (χ0) is 14.3. The molecule has 2 aromatic rings. The van der Waals surface area contributed by atoms with Crippen molar-refractivity contribution in [2.75, 3.05) is 0 Å². The molecule has 102 valence electrons. The minimum atomic E-state index is -0.416. The van der Waals surface area contributed by atoms with Crippen LogP contribution in [-0.2, 0) is 6.42 Å². The normalized spacial score (nSPS) is 12.2. The maximum absolute atomic E-state index is 2.42. The molecule has 1 aliphatic rings. The predicted molar refractivity (Wildman–Crippen MR) is 91.1 cm³/mol. The van der Waals surface area contributed by atoms with Crippen LogP contribution in [0.15, 0.2) is 42.5 Å². The molecule has 0 heterocycles. The topological polar surface area (TPSA) is 0 Å². The maximum atomic E-state index is 2.42. The molecule has 0 nitrogen and oxygen atoms in total. The Morgan fingerprint density at radius 1 is 0.950 bits per heavy atom. The van der Waals surface area contributed by atoms with Crippen LogP contribution >= 0.6 is 0 Å². The highest BCUT2D eigenvalue weighted by molar-refractivity contribution is 6.72. The monoisotopic (exact) mass is 278 g/mol. The average Bonchev–Trinajstić information content (AvgIpc) is 2.78. The molecule has 3 rings (SSSR count). The summed E-state index contributed by atoms with van der Waals surface area (Å²) in [6, 6.07) is 15.7. The van der Waals surface area contributed by atoms with Crippen LogP contribution in [0, 0.1) is 5.92 Å². The molecular formula is C19H22Si. The third-order valence-corrected chi connectivity index (χ3v) is 6.18. The fraction of sp³-hybridized carbons (Fsp3) is 0.316. The van der Waals surface area contributed by atoms with E-state index in [1.807, 2.05) is 0 Å². The molecule has 0 unspecified atom stereocenters. The first-order chi connectivity index (χ1) is 9.59. The van der Waals surface area contributed by atoms with E-state index in [2.05, 4.69) is 69.4 Å². The first-order valence-corrected chi connectivity index (χ1v) is 9.97. The van der Waals surface area contributed by atoms with Gasteiger partial charge in [0.2, 0.25) is 0 Å². The highest BCUT2D eigenvalue weighted by Gasteiger charge is 2.22. The van der Waals surface area contributed by atoms with Crippen LogP contribution in [0.2, 0.25) is 13.1 Å². The number of fused-ring (bicyclic) bond motifs is 3. The van der Waals surface area contributed by atoms with E-state index in [4.69, 9.17) is 0 Å². The first kappa shape index (κ1) is 13.5. The smallest absolute Gasteiger partial charge is 0.00860 e. The Balaban J connectivity index is 2.22. The van der Waals surface area contributed by atoms with E-state index in [0.717, 1.165) is 6.42 Å². The van der Waals surface area contributed by atoms with Crippen LogP contribution in [0.5, 0.6) is 0 Å². The van der Waals surface area contributed by atoms with Crippen LogP contribution in [-0.4, -0.2) is 13.6 Å². The van der Waals surface area contributed by atoms with Gasteiger partial charge in [0, 0.05) is 8.41 Å². The van der Waals surface area contributed by atoms with E-state index in [9.17, 15) is 0 Å². The molecule has 0 N–H and O–H groups in total. The fourth-order valence-electron chi connectivity index (χ4n) is 3.57. The van der Waals surface area contributed by atoms with Gasteiger partial charge in [-0.05, 0) is 40.2 Å². The molecular weight excluding hydrogens is 256 g/mol. The largest absolute Gasteiger partial charge is 0.0619 e. The Hall–Kier alpha value is -1.47. The molecule has 0 aromatic heterocycles. The molecule has 0 saturated heterocycles. The second kappa shape index (κ2) is 5.14. The van der Waals surface area contributed by atoms with Gasteiger partial charge in [-0.25, -0.2) is 0 Å². The van der Waals surface area contributed by atoms with Crippen LogP contribution in [0.25, 0.3) is 11.1 Å². The molecule has 1 aliphatic carbocycles. The van der Waals surface area contributed by atoms with Gasteiger partial charge in [-0.2, -0.15) is 0 Å². The van der Waals surface area contributed by atoms with Crippen molar-refractivity contribution in [1.29, 1.82) is 0 Å². The molecule has 0 spiro atoms. The van der Waals surface area contributed by atoms with Crippen molar-refractivity contribution >= 4 is 13.6 Å². The quantitative estimate of drug-likeness (QED) is 0.592. The van der Waals surface area contributed by atoms with Gasteiger partial charge < -0.3 is 0 Å². The molecule has 2 aromatic carbocycles. The third kappa shape index (κ3) is 2.10. The van der Waals surface area contributed by atoms with E-state index in [1.54, 1.807) is 10.7 Å². The Bertz CT molecular complexity index is 689. The lowest BCUT2D eigenvalue weighted by molar-refractivity contribution is 0.898. The lowest BCUT2D eigenvalue weighted by Crippen LogP contribution is -2.19. The molecule has 0 radical (unpaired) electrons. The average molecular weight is 278 g/mol. The summed E-state index contributed by atoms with van der Waals surface area (Å²) < 4.78 is 0. The summed E-state index contributed by atoms with van der Waals surface area (Å²) in [7, 11) is -0.416. The van der Waals surface area contributed by atoms with Crippen molar-refractivity contribution in [1.82, 2.24) is 0 Å². The summed E-state index contributed by atoms with van der Waals surface area (Å²) in [6.07, 6.45) is 1.10. The summed E-state index contributed by atoms with van der Waals surface area (Å²) in [5.41, 5.74) is 7.48. The first-order valence-electron chi connectivity index (χ1n) is 7.47. The van der Waals surface area contributed by atoms with Gasteiger partial charge in [0.25, 0.3) is 0 Å². The summed E-state index contributed by atoms with van der Waals surface area (Å²) in [5.74, 6) is 0.647. The summed E-state index contributed by atoms with van der Waals surface area (Å²) in [5, 5.41) is 1.69. The second-order valence-electron chi connectivity index (χ2n) is 6.23. The fourth-order valence-corrected chi connectivity index (χ4v) is 5.49. The van der Waals surface area contributed by atoms with Crippen LogP contribution < -0.4 is 0 Å². The molecule has 1 heteroatoms. The van der Waals surface area contributed by atoms with Gasteiger partial charge in [-0.1, -0.05) is 74.6 Å². The molecule has 0 bridgehead atoms. The number of hydrogen-bond acceptors (Lipinski definition) is 0. The van der Waals surface area contributed by atoms with Gasteiger partial charge in [-0.3, -0.25) is 0 Å².